The molecule has 0 spiro atoms. The van der Waals surface area contributed by atoms with Crippen molar-refractivity contribution in [3.63, 3.8) is 0 Å². The van der Waals surface area contributed by atoms with Gasteiger partial charge in [0.05, 0.1) is 0 Å². The summed E-state index contributed by atoms with van der Waals surface area (Å²) in [6.07, 6.45) is 4.03. The van der Waals surface area contributed by atoms with Crippen LogP contribution < -0.4 is 0 Å². The van der Waals surface area contributed by atoms with Crippen LogP contribution >= 0.6 is 0 Å². The van der Waals surface area contributed by atoms with Crippen molar-refractivity contribution < 1.29 is 5.11 Å². The number of benzene rings is 1. The highest BCUT2D eigenvalue weighted by molar-refractivity contribution is 5.40. The number of hydrogen-bond donors (Lipinski definition) is 1. The Morgan fingerprint density at radius 2 is 2.00 bits per heavy atom. The molecule has 1 nitrogen and oxygen atoms in total. The highest BCUT2D eigenvalue weighted by atomic mass is 16.3. The maximum atomic E-state index is 9.73. The third-order valence-electron chi connectivity index (χ3n) is 5.89. The summed E-state index contributed by atoms with van der Waals surface area (Å²) in [6.45, 7) is 7.23. The predicted octanol–water partition coefficient (Wildman–Crippen LogP) is 4.11. The second kappa shape index (κ2) is 3.28. The van der Waals surface area contributed by atoms with Crippen molar-refractivity contribution in [1.29, 1.82) is 0 Å². The number of hydrogen-bond acceptors (Lipinski definition) is 1. The molecule has 0 heterocycles. The van der Waals surface area contributed by atoms with E-state index >= 15 is 0 Å². The Balaban J connectivity index is 2.11. The summed E-state index contributed by atoms with van der Waals surface area (Å²) < 4.78 is 0. The summed E-state index contributed by atoms with van der Waals surface area (Å²) in [5.41, 5.74) is 2.04. The van der Waals surface area contributed by atoms with Gasteiger partial charge in [-0.15, -0.1) is 0 Å². The van der Waals surface area contributed by atoms with Gasteiger partial charge in [-0.1, -0.05) is 32.9 Å². The molecule has 0 amide bonds. The molecule has 1 aromatic rings. The predicted molar refractivity (Wildman–Crippen MR) is 70.1 cm³/mol. The van der Waals surface area contributed by atoms with Crippen LogP contribution in [0.3, 0.4) is 0 Å². The molecule has 17 heavy (non-hydrogen) atoms. The molecule has 1 N–H and O–H groups in total. The minimum Gasteiger partial charge on any atom is -0.508 e. The Bertz CT molecular complexity index is 449. The summed E-state index contributed by atoms with van der Waals surface area (Å²) in [6, 6.07) is 7.96. The fourth-order valence-corrected chi connectivity index (χ4v) is 4.69. The molecule has 2 bridgehead atoms. The van der Waals surface area contributed by atoms with Gasteiger partial charge in [0.1, 0.15) is 5.75 Å². The lowest BCUT2D eigenvalue weighted by Gasteiger charge is -2.69. The summed E-state index contributed by atoms with van der Waals surface area (Å²) in [4.78, 5) is 0. The quantitative estimate of drug-likeness (QED) is 0.770. The number of aromatic hydroxyl groups is 1. The van der Waals surface area contributed by atoms with Gasteiger partial charge >= 0.3 is 0 Å². The SMILES string of the molecule is CC1CCC2CC1(c1cccc(O)c1)C2(C)C. The van der Waals surface area contributed by atoms with Crippen LogP contribution in [0, 0.1) is 17.3 Å². The zero-order valence-electron chi connectivity index (χ0n) is 11.0. The topological polar surface area (TPSA) is 20.2 Å². The minimum absolute atomic E-state index is 0.300. The van der Waals surface area contributed by atoms with E-state index < -0.39 is 0 Å². The number of fused-ring (bicyclic) bond motifs is 2. The van der Waals surface area contributed by atoms with Gasteiger partial charge in [0.15, 0.2) is 0 Å². The van der Waals surface area contributed by atoms with Gasteiger partial charge in [-0.25, -0.2) is 0 Å². The first kappa shape index (κ1) is 11.1. The van der Waals surface area contributed by atoms with E-state index in [2.05, 4.69) is 26.8 Å². The Labute approximate surface area is 104 Å². The fraction of sp³-hybridized carbons (Fsp3) is 0.625. The van der Waals surface area contributed by atoms with Crippen molar-refractivity contribution >= 4 is 0 Å². The number of phenols is 1. The lowest BCUT2D eigenvalue weighted by atomic mass is 9.35. The summed E-state index contributed by atoms with van der Waals surface area (Å²) in [5, 5.41) is 9.73. The second-order valence-electron chi connectivity index (χ2n) is 6.62. The van der Waals surface area contributed by atoms with E-state index in [1.54, 1.807) is 6.07 Å². The summed E-state index contributed by atoms with van der Waals surface area (Å²) in [5.74, 6) is 2.01. The molecule has 0 saturated heterocycles. The normalized spacial score (nSPS) is 38.5. The molecule has 0 radical (unpaired) electrons. The largest absolute Gasteiger partial charge is 0.508 e. The van der Waals surface area contributed by atoms with Crippen LogP contribution in [0.25, 0.3) is 0 Å². The van der Waals surface area contributed by atoms with Gasteiger partial charge in [-0.2, -0.15) is 0 Å². The first-order valence-corrected chi connectivity index (χ1v) is 6.78. The molecule has 0 aromatic heterocycles. The smallest absolute Gasteiger partial charge is 0.115 e. The van der Waals surface area contributed by atoms with Crippen LogP contribution in [-0.2, 0) is 5.41 Å². The van der Waals surface area contributed by atoms with Crippen molar-refractivity contribution in [3.8, 4) is 5.75 Å². The van der Waals surface area contributed by atoms with Crippen molar-refractivity contribution in [2.45, 2.75) is 45.4 Å². The molecule has 3 aliphatic rings. The molecule has 1 aromatic carbocycles. The van der Waals surface area contributed by atoms with Gasteiger partial charge in [-0.05, 0) is 54.2 Å². The van der Waals surface area contributed by atoms with Gasteiger partial charge < -0.3 is 5.11 Å². The molecule has 1 heteroatoms. The number of phenolic OH excluding ortho intramolecular Hbond substituents is 1. The van der Waals surface area contributed by atoms with Gasteiger partial charge in [0.25, 0.3) is 0 Å². The van der Waals surface area contributed by atoms with E-state index in [4.69, 9.17) is 0 Å². The Morgan fingerprint density at radius 1 is 1.24 bits per heavy atom. The first-order chi connectivity index (χ1) is 7.98. The molecule has 3 atom stereocenters. The van der Waals surface area contributed by atoms with Gasteiger partial charge in [0, 0.05) is 5.41 Å². The van der Waals surface area contributed by atoms with Crippen molar-refractivity contribution in [3.05, 3.63) is 29.8 Å². The first-order valence-electron chi connectivity index (χ1n) is 6.78. The minimum atomic E-state index is 0.300. The van der Waals surface area contributed by atoms with Crippen LogP contribution in [-0.4, -0.2) is 5.11 Å². The van der Waals surface area contributed by atoms with Crippen LogP contribution in [0.5, 0.6) is 5.75 Å². The molecule has 3 saturated carbocycles. The lowest BCUT2D eigenvalue weighted by Crippen LogP contribution is -2.64. The molecular weight excluding hydrogens is 208 g/mol. The van der Waals surface area contributed by atoms with E-state index in [1.165, 1.54) is 24.8 Å². The van der Waals surface area contributed by atoms with Crippen molar-refractivity contribution in [1.82, 2.24) is 0 Å². The zero-order chi connectivity index (χ0) is 12.3. The maximum Gasteiger partial charge on any atom is 0.115 e. The van der Waals surface area contributed by atoms with Crippen LogP contribution in [0.4, 0.5) is 0 Å². The summed E-state index contributed by atoms with van der Waals surface area (Å²) in [7, 11) is 0. The van der Waals surface area contributed by atoms with E-state index in [-0.39, 0.29) is 0 Å². The average Bonchev–Trinajstić information content (AvgIpc) is 2.28. The third kappa shape index (κ3) is 1.20. The van der Waals surface area contributed by atoms with E-state index in [0.717, 1.165) is 11.8 Å². The van der Waals surface area contributed by atoms with E-state index in [9.17, 15) is 5.11 Å². The standard InChI is InChI=1S/C16H22O/c1-11-7-8-13-10-16(11,15(13,2)3)12-5-4-6-14(17)9-12/h4-6,9,11,13,17H,7-8,10H2,1-3H3. The van der Waals surface area contributed by atoms with Crippen molar-refractivity contribution in [2.75, 3.05) is 0 Å². The third-order valence-corrected chi connectivity index (χ3v) is 5.89. The van der Waals surface area contributed by atoms with Crippen LogP contribution in [0.1, 0.15) is 45.6 Å². The Kier molecular flexibility index (Phi) is 2.14. The average molecular weight is 230 g/mol. The van der Waals surface area contributed by atoms with Gasteiger partial charge in [0.2, 0.25) is 0 Å². The van der Waals surface area contributed by atoms with E-state index in [0.29, 0.717) is 16.6 Å². The molecular formula is C16H22O. The number of rotatable bonds is 1. The van der Waals surface area contributed by atoms with E-state index in [1.807, 2.05) is 12.1 Å². The fourth-order valence-electron chi connectivity index (χ4n) is 4.69. The highest BCUT2D eigenvalue weighted by Crippen LogP contribution is 2.70. The molecule has 3 unspecified atom stereocenters. The molecule has 4 rings (SSSR count). The lowest BCUT2D eigenvalue weighted by molar-refractivity contribution is -0.133. The zero-order valence-corrected chi connectivity index (χ0v) is 11.0. The molecule has 3 aliphatic carbocycles. The van der Waals surface area contributed by atoms with Gasteiger partial charge in [-0.3, -0.25) is 0 Å². The second-order valence-corrected chi connectivity index (χ2v) is 6.62. The summed E-state index contributed by atoms with van der Waals surface area (Å²) >= 11 is 0. The van der Waals surface area contributed by atoms with Crippen LogP contribution in [0.15, 0.2) is 24.3 Å². The molecule has 92 valence electrons. The maximum absolute atomic E-state index is 9.73. The molecule has 3 fully saturated rings. The molecule has 0 aliphatic heterocycles. The van der Waals surface area contributed by atoms with Crippen molar-refractivity contribution in [2.24, 2.45) is 17.3 Å². The Hall–Kier alpha value is -0.980. The highest BCUT2D eigenvalue weighted by Gasteiger charge is 2.64. The monoisotopic (exact) mass is 230 g/mol. The van der Waals surface area contributed by atoms with Crippen LogP contribution in [0.2, 0.25) is 0 Å². The Morgan fingerprint density at radius 3 is 2.59 bits per heavy atom.